The Morgan fingerprint density at radius 1 is 0.938 bits per heavy atom. The third-order valence-electron chi connectivity index (χ3n) is 6.94. The molecule has 0 radical (unpaired) electrons. The Morgan fingerprint density at radius 3 is 2.50 bits per heavy atom. The summed E-state index contributed by atoms with van der Waals surface area (Å²) in [6.07, 6.45) is -0.00767. The molecule has 1 fully saturated rings. The lowest BCUT2D eigenvalue weighted by molar-refractivity contribution is -0.129. The Labute approximate surface area is 190 Å². The summed E-state index contributed by atoms with van der Waals surface area (Å²) in [5, 5.41) is 0.466. The van der Waals surface area contributed by atoms with Gasteiger partial charge in [0.05, 0.1) is 6.54 Å². The van der Waals surface area contributed by atoms with E-state index in [1.165, 1.54) is 0 Å². The molecule has 5 nitrogen and oxygen atoms in total. The number of hydrogen-bond acceptors (Lipinski definition) is 3. The van der Waals surface area contributed by atoms with E-state index in [1.54, 1.807) is 28.0 Å². The number of hydrogen-bond donors (Lipinski definition) is 0. The van der Waals surface area contributed by atoms with Crippen molar-refractivity contribution in [2.75, 3.05) is 4.90 Å². The number of Topliss-reactive ketones (excluding diaryl/α,β-unsaturated/α-hetero) is 1. The van der Waals surface area contributed by atoms with Crippen LogP contribution in [0.2, 0.25) is 5.02 Å². The van der Waals surface area contributed by atoms with Crippen molar-refractivity contribution in [3.8, 4) is 0 Å². The number of ketones is 1. The van der Waals surface area contributed by atoms with Crippen LogP contribution in [-0.4, -0.2) is 28.5 Å². The second kappa shape index (κ2) is 6.78. The highest BCUT2D eigenvalue weighted by Gasteiger charge is 2.66. The largest absolute Gasteiger partial charge is 0.326 e. The van der Waals surface area contributed by atoms with Crippen LogP contribution in [0.5, 0.6) is 0 Å². The Morgan fingerprint density at radius 2 is 1.69 bits per heavy atom. The van der Waals surface area contributed by atoms with Crippen LogP contribution in [0.15, 0.2) is 72.8 Å². The topological polar surface area (TPSA) is 57.7 Å². The minimum Gasteiger partial charge on any atom is -0.326 e. The van der Waals surface area contributed by atoms with Crippen molar-refractivity contribution in [3.63, 3.8) is 0 Å². The van der Waals surface area contributed by atoms with Crippen molar-refractivity contribution in [3.05, 3.63) is 100 Å². The quantitative estimate of drug-likeness (QED) is 0.599. The zero-order chi connectivity index (χ0) is 22.0. The highest BCUT2D eigenvalue weighted by atomic mass is 35.5. The molecule has 3 aromatic rings. The standard InChI is InChI=1S/C26H19ClN2O3/c27-18-11-10-17-15-29-22(30)13-26(24(29)23(31)19(17)12-18)20-8-4-5-9-21(20)28(25(26)32)14-16-6-2-1-3-7-16/h1-12,24H,13-15H2/t24-,26+/m0/s1. The summed E-state index contributed by atoms with van der Waals surface area (Å²) in [5.74, 6) is -0.583. The maximum absolute atomic E-state index is 14.1. The Hall–Kier alpha value is -3.44. The maximum Gasteiger partial charge on any atom is 0.241 e. The molecule has 2 atom stereocenters. The third-order valence-corrected chi connectivity index (χ3v) is 7.18. The number of anilines is 1. The first-order valence-corrected chi connectivity index (χ1v) is 11.0. The predicted octanol–water partition coefficient (Wildman–Crippen LogP) is 4.12. The van der Waals surface area contributed by atoms with E-state index in [0.717, 1.165) is 22.4 Å². The highest BCUT2D eigenvalue weighted by Crippen LogP contribution is 2.53. The summed E-state index contributed by atoms with van der Waals surface area (Å²) >= 11 is 6.18. The molecular formula is C26H19ClN2O3. The molecule has 3 aliphatic heterocycles. The van der Waals surface area contributed by atoms with Gasteiger partial charge in [-0.05, 0) is 34.9 Å². The van der Waals surface area contributed by atoms with Gasteiger partial charge in [0, 0.05) is 29.2 Å². The number of para-hydroxylation sites is 1. The molecule has 1 spiro atoms. The zero-order valence-electron chi connectivity index (χ0n) is 17.1. The lowest BCUT2D eigenvalue weighted by Gasteiger charge is -2.37. The van der Waals surface area contributed by atoms with E-state index in [0.29, 0.717) is 23.7 Å². The minimum atomic E-state index is -1.22. The first-order valence-electron chi connectivity index (χ1n) is 10.6. The number of benzene rings is 3. The van der Waals surface area contributed by atoms with Crippen molar-refractivity contribution in [1.29, 1.82) is 0 Å². The van der Waals surface area contributed by atoms with Crippen molar-refractivity contribution < 1.29 is 14.4 Å². The van der Waals surface area contributed by atoms with Crippen LogP contribution in [0.3, 0.4) is 0 Å². The molecular weight excluding hydrogens is 424 g/mol. The van der Waals surface area contributed by atoms with E-state index in [-0.39, 0.29) is 24.0 Å². The molecule has 0 N–H and O–H groups in total. The summed E-state index contributed by atoms with van der Waals surface area (Å²) in [6.45, 7) is 0.688. The fourth-order valence-corrected chi connectivity index (χ4v) is 5.72. The second-order valence-corrected chi connectivity index (χ2v) is 9.07. The number of fused-ring (bicyclic) bond motifs is 5. The van der Waals surface area contributed by atoms with Crippen LogP contribution in [0.1, 0.15) is 33.5 Å². The average Bonchev–Trinajstić information content (AvgIpc) is 3.23. The third kappa shape index (κ3) is 2.49. The fraction of sp³-hybridized carbons (Fsp3) is 0.192. The molecule has 0 unspecified atom stereocenters. The van der Waals surface area contributed by atoms with Gasteiger partial charge < -0.3 is 9.80 Å². The highest BCUT2D eigenvalue weighted by molar-refractivity contribution is 6.31. The molecule has 2 amide bonds. The van der Waals surface area contributed by atoms with Crippen LogP contribution in [0.25, 0.3) is 0 Å². The number of carbonyl (C=O) groups excluding carboxylic acids is 3. The van der Waals surface area contributed by atoms with Crippen molar-refractivity contribution in [2.24, 2.45) is 0 Å². The van der Waals surface area contributed by atoms with Gasteiger partial charge in [-0.3, -0.25) is 14.4 Å². The molecule has 3 heterocycles. The molecule has 158 valence electrons. The van der Waals surface area contributed by atoms with E-state index < -0.39 is 11.5 Å². The van der Waals surface area contributed by atoms with E-state index in [2.05, 4.69) is 0 Å². The number of amides is 2. The van der Waals surface area contributed by atoms with E-state index in [9.17, 15) is 14.4 Å². The van der Waals surface area contributed by atoms with Gasteiger partial charge in [0.1, 0.15) is 11.5 Å². The van der Waals surface area contributed by atoms with E-state index >= 15 is 0 Å². The molecule has 0 aliphatic carbocycles. The monoisotopic (exact) mass is 442 g/mol. The summed E-state index contributed by atoms with van der Waals surface area (Å²) in [7, 11) is 0. The molecule has 0 aromatic heterocycles. The summed E-state index contributed by atoms with van der Waals surface area (Å²) in [5.41, 5.74) is 2.54. The molecule has 0 bridgehead atoms. The molecule has 0 saturated carbocycles. The van der Waals surface area contributed by atoms with Gasteiger partial charge in [0.15, 0.2) is 5.78 Å². The maximum atomic E-state index is 14.1. The Bertz CT molecular complexity index is 1310. The van der Waals surface area contributed by atoms with Crippen molar-refractivity contribution in [2.45, 2.75) is 31.0 Å². The van der Waals surface area contributed by atoms with E-state index in [1.807, 2.05) is 54.6 Å². The summed E-state index contributed by atoms with van der Waals surface area (Å²) in [6, 6.07) is 21.6. The first-order chi connectivity index (χ1) is 15.5. The minimum absolute atomic E-state index is 0.00767. The van der Waals surface area contributed by atoms with Crippen LogP contribution in [-0.2, 0) is 28.1 Å². The zero-order valence-corrected chi connectivity index (χ0v) is 17.9. The molecule has 32 heavy (non-hydrogen) atoms. The number of carbonyl (C=O) groups is 3. The van der Waals surface area contributed by atoms with Crippen LogP contribution < -0.4 is 4.90 Å². The number of nitrogens with zero attached hydrogens (tertiary/aromatic N) is 2. The van der Waals surface area contributed by atoms with Gasteiger partial charge in [0.2, 0.25) is 11.8 Å². The van der Waals surface area contributed by atoms with Crippen molar-refractivity contribution in [1.82, 2.24) is 4.90 Å². The first kappa shape index (κ1) is 19.3. The van der Waals surface area contributed by atoms with Crippen LogP contribution >= 0.6 is 11.6 Å². The SMILES string of the molecule is O=C1c2cc(Cl)ccc2CN2C(=O)C[C@]3(C(=O)N(Cc4ccccc4)c4ccccc43)[C@H]12. The van der Waals surface area contributed by atoms with Gasteiger partial charge in [-0.1, -0.05) is 66.2 Å². The lowest BCUT2D eigenvalue weighted by atomic mass is 9.71. The number of halogens is 1. The van der Waals surface area contributed by atoms with Crippen molar-refractivity contribution >= 4 is 34.9 Å². The smallest absolute Gasteiger partial charge is 0.241 e. The van der Waals surface area contributed by atoms with Gasteiger partial charge in [0.25, 0.3) is 0 Å². The molecule has 3 aliphatic rings. The van der Waals surface area contributed by atoms with Gasteiger partial charge in [-0.2, -0.15) is 0 Å². The fourth-order valence-electron chi connectivity index (χ4n) is 5.55. The van der Waals surface area contributed by atoms with E-state index in [4.69, 9.17) is 11.6 Å². The average molecular weight is 443 g/mol. The summed E-state index contributed by atoms with van der Waals surface area (Å²) < 4.78 is 0. The van der Waals surface area contributed by atoms with Gasteiger partial charge >= 0.3 is 0 Å². The lowest BCUT2D eigenvalue weighted by Crippen LogP contribution is -2.55. The molecule has 6 heteroatoms. The van der Waals surface area contributed by atoms with Gasteiger partial charge in [-0.25, -0.2) is 0 Å². The number of rotatable bonds is 2. The van der Waals surface area contributed by atoms with Gasteiger partial charge in [-0.15, -0.1) is 0 Å². The molecule has 6 rings (SSSR count). The summed E-state index contributed by atoms with van der Waals surface area (Å²) in [4.78, 5) is 44.3. The van der Waals surface area contributed by atoms with Crippen LogP contribution in [0, 0.1) is 0 Å². The second-order valence-electron chi connectivity index (χ2n) is 8.63. The van der Waals surface area contributed by atoms with Crippen LogP contribution in [0.4, 0.5) is 5.69 Å². The predicted molar refractivity (Wildman–Crippen MR) is 120 cm³/mol. The molecule has 1 saturated heterocycles. The Balaban J connectivity index is 1.51. The molecule has 3 aromatic carbocycles. The normalized spacial score (nSPS) is 23.5. The Kier molecular flexibility index (Phi) is 4.08.